The quantitative estimate of drug-likeness (QED) is 0.754. The summed E-state index contributed by atoms with van der Waals surface area (Å²) < 4.78 is 1.11. The zero-order valence-corrected chi connectivity index (χ0v) is 10.4. The van der Waals surface area contributed by atoms with Crippen LogP contribution in [0.2, 0.25) is 0 Å². The summed E-state index contributed by atoms with van der Waals surface area (Å²) in [6, 6.07) is 0. The Morgan fingerprint density at radius 2 is 1.94 bits per heavy atom. The molecule has 1 aromatic rings. The van der Waals surface area contributed by atoms with Gasteiger partial charge in [0.2, 0.25) is 0 Å². The van der Waals surface area contributed by atoms with Crippen LogP contribution in [0.1, 0.15) is 30.1 Å². The normalized spacial score (nSPS) is 16.1. The van der Waals surface area contributed by atoms with Crippen molar-refractivity contribution in [3.63, 3.8) is 0 Å². The summed E-state index contributed by atoms with van der Waals surface area (Å²) in [6.07, 6.45) is 3.52. The topological polar surface area (TPSA) is 75.2 Å². The number of likely N-dealkylation sites (tertiary alicyclic amines) is 1. The number of aromatic amines is 1. The molecule has 1 fully saturated rings. The molecule has 0 radical (unpaired) electrons. The highest BCUT2D eigenvalue weighted by Gasteiger charge is 2.14. The van der Waals surface area contributed by atoms with Gasteiger partial charge in [-0.05, 0) is 32.9 Å². The average molecular weight is 251 g/mol. The number of nitrogens with zero attached hydrogens (tertiary/aromatic N) is 2. The molecule has 6 nitrogen and oxygen atoms in total. The molecular formula is C12H17N3O3. The molecule has 2 rings (SSSR count). The molecule has 0 amide bonds. The van der Waals surface area contributed by atoms with Crippen molar-refractivity contribution in [3.05, 3.63) is 32.6 Å². The van der Waals surface area contributed by atoms with E-state index in [1.807, 2.05) is 0 Å². The summed E-state index contributed by atoms with van der Waals surface area (Å²) in [5, 5.41) is 0. The van der Waals surface area contributed by atoms with Crippen LogP contribution in [0.15, 0.2) is 15.8 Å². The highest BCUT2D eigenvalue weighted by Crippen LogP contribution is 2.06. The highest BCUT2D eigenvalue weighted by atomic mass is 16.2. The van der Waals surface area contributed by atoms with Gasteiger partial charge in [0.1, 0.15) is 0 Å². The van der Waals surface area contributed by atoms with Crippen molar-refractivity contribution in [2.45, 2.75) is 26.3 Å². The minimum atomic E-state index is -0.495. The molecule has 98 valence electrons. The number of hydrogen-bond acceptors (Lipinski definition) is 4. The van der Waals surface area contributed by atoms with Gasteiger partial charge in [0.05, 0.1) is 5.56 Å². The number of aromatic nitrogens is 2. The van der Waals surface area contributed by atoms with Crippen molar-refractivity contribution in [3.8, 4) is 0 Å². The molecule has 0 bridgehead atoms. The Kier molecular flexibility index (Phi) is 3.76. The standard InChI is InChI=1S/C12H17N3O3/c1-9(16)10-8-13-12(18)15(11(10)17)7-6-14-4-2-3-5-14/h8H,2-7H2,1H3,(H,13,18). The number of H-pyrrole nitrogens is 1. The maximum absolute atomic E-state index is 11.9. The fraction of sp³-hybridized carbons (Fsp3) is 0.583. The summed E-state index contributed by atoms with van der Waals surface area (Å²) in [5.74, 6) is -0.328. The zero-order valence-electron chi connectivity index (χ0n) is 10.4. The van der Waals surface area contributed by atoms with Crippen LogP contribution >= 0.6 is 0 Å². The van der Waals surface area contributed by atoms with E-state index < -0.39 is 11.2 Å². The lowest BCUT2D eigenvalue weighted by molar-refractivity contribution is 0.101. The van der Waals surface area contributed by atoms with E-state index in [0.29, 0.717) is 13.1 Å². The molecule has 6 heteroatoms. The number of nitrogens with one attached hydrogen (secondary N) is 1. The molecule has 1 aliphatic rings. The van der Waals surface area contributed by atoms with E-state index in [9.17, 15) is 14.4 Å². The van der Waals surface area contributed by atoms with Crippen LogP contribution in [-0.2, 0) is 6.54 Å². The molecule has 2 heterocycles. The minimum absolute atomic E-state index is 0.0380. The van der Waals surface area contributed by atoms with E-state index in [1.165, 1.54) is 26.0 Å². The first-order valence-corrected chi connectivity index (χ1v) is 6.15. The van der Waals surface area contributed by atoms with Crippen LogP contribution < -0.4 is 11.2 Å². The summed E-state index contributed by atoms with van der Waals surface area (Å²) in [6.45, 7) is 4.34. The smallest absolute Gasteiger partial charge is 0.313 e. The Hall–Kier alpha value is -1.69. The highest BCUT2D eigenvalue weighted by molar-refractivity contribution is 5.93. The van der Waals surface area contributed by atoms with Crippen LogP contribution in [-0.4, -0.2) is 39.9 Å². The largest absolute Gasteiger partial charge is 0.328 e. The predicted molar refractivity (Wildman–Crippen MR) is 67.0 cm³/mol. The van der Waals surface area contributed by atoms with E-state index in [2.05, 4.69) is 9.88 Å². The lowest BCUT2D eigenvalue weighted by Crippen LogP contribution is -2.40. The molecule has 1 aliphatic heterocycles. The monoisotopic (exact) mass is 251 g/mol. The lowest BCUT2D eigenvalue weighted by Gasteiger charge is -2.14. The average Bonchev–Trinajstić information content (AvgIpc) is 2.81. The Balaban J connectivity index is 2.21. The maximum Gasteiger partial charge on any atom is 0.328 e. The van der Waals surface area contributed by atoms with Crippen molar-refractivity contribution in [1.29, 1.82) is 0 Å². The van der Waals surface area contributed by atoms with Gasteiger partial charge in [0, 0.05) is 19.3 Å². The lowest BCUT2D eigenvalue weighted by atomic mass is 10.2. The summed E-state index contributed by atoms with van der Waals surface area (Å²) in [5.41, 5.74) is -0.911. The maximum atomic E-state index is 11.9. The fourth-order valence-electron chi connectivity index (χ4n) is 2.21. The third-order valence-electron chi connectivity index (χ3n) is 3.28. The molecule has 18 heavy (non-hydrogen) atoms. The van der Waals surface area contributed by atoms with E-state index in [0.717, 1.165) is 17.7 Å². The number of ketones is 1. The number of rotatable bonds is 4. The van der Waals surface area contributed by atoms with Crippen molar-refractivity contribution in [1.82, 2.24) is 14.5 Å². The zero-order chi connectivity index (χ0) is 13.1. The molecule has 0 saturated carbocycles. The van der Waals surface area contributed by atoms with Gasteiger partial charge < -0.3 is 9.88 Å². The van der Waals surface area contributed by atoms with Crippen molar-refractivity contribution in [2.75, 3.05) is 19.6 Å². The molecule has 0 aliphatic carbocycles. The molecule has 1 N–H and O–H groups in total. The van der Waals surface area contributed by atoms with Gasteiger partial charge in [-0.1, -0.05) is 0 Å². The van der Waals surface area contributed by atoms with E-state index in [1.54, 1.807) is 0 Å². The van der Waals surface area contributed by atoms with E-state index in [4.69, 9.17) is 0 Å². The van der Waals surface area contributed by atoms with Crippen molar-refractivity contribution < 1.29 is 4.79 Å². The first kappa shape index (κ1) is 12.8. The van der Waals surface area contributed by atoms with Crippen LogP contribution in [0, 0.1) is 0 Å². The number of Topliss-reactive ketones (excluding diaryl/α,β-unsaturated/α-hetero) is 1. The van der Waals surface area contributed by atoms with Gasteiger partial charge in [-0.2, -0.15) is 0 Å². The van der Waals surface area contributed by atoms with Gasteiger partial charge in [-0.3, -0.25) is 14.2 Å². The van der Waals surface area contributed by atoms with Crippen LogP contribution in [0.3, 0.4) is 0 Å². The molecule has 0 atom stereocenters. The Bertz CT molecular complexity index is 552. The number of carbonyl (C=O) groups is 1. The molecule has 1 aromatic heterocycles. The summed E-state index contributed by atoms with van der Waals surface area (Å²) in [7, 11) is 0. The van der Waals surface area contributed by atoms with Crippen LogP contribution in [0.4, 0.5) is 0 Å². The van der Waals surface area contributed by atoms with Gasteiger partial charge in [-0.25, -0.2) is 4.79 Å². The Morgan fingerprint density at radius 1 is 1.28 bits per heavy atom. The van der Waals surface area contributed by atoms with E-state index >= 15 is 0 Å². The van der Waals surface area contributed by atoms with Crippen molar-refractivity contribution >= 4 is 5.78 Å². The van der Waals surface area contributed by atoms with Gasteiger partial charge in [0.15, 0.2) is 5.78 Å². The number of carbonyl (C=O) groups excluding carboxylic acids is 1. The first-order valence-electron chi connectivity index (χ1n) is 6.15. The third-order valence-corrected chi connectivity index (χ3v) is 3.28. The molecule has 0 spiro atoms. The fourth-order valence-corrected chi connectivity index (χ4v) is 2.21. The van der Waals surface area contributed by atoms with Crippen LogP contribution in [0.5, 0.6) is 0 Å². The first-order chi connectivity index (χ1) is 8.59. The summed E-state index contributed by atoms with van der Waals surface area (Å²) >= 11 is 0. The van der Waals surface area contributed by atoms with E-state index in [-0.39, 0.29) is 11.3 Å². The van der Waals surface area contributed by atoms with Crippen LogP contribution in [0.25, 0.3) is 0 Å². The van der Waals surface area contributed by atoms with Crippen molar-refractivity contribution in [2.24, 2.45) is 0 Å². The molecule has 0 unspecified atom stereocenters. The summed E-state index contributed by atoms with van der Waals surface area (Å²) in [4.78, 5) is 39.4. The minimum Gasteiger partial charge on any atom is -0.313 e. The van der Waals surface area contributed by atoms with Gasteiger partial charge in [-0.15, -0.1) is 0 Å². The number of hydrogen-bond donors (Lipinski definition) is 1. The third kappa shape index (κ3) is 2.59. The predicted octanol–water partition coefficient (Wildman–Crippen LogP) is -0.165. The SMILES string of the molecule is CC(=O)c1c[nH]c(=O)n(CCN2CCCC2)c1=O. The second kappa shape index (κ2) is 5.30. The molecule has 0 aromatic carbocycles. The second-order valence-electron chi connectivity index (χ2n) is 4.57. The van der Waals surface area contributed by atoms with Gasteiger partial charge in [0.25, 0.3) is 5.56 Å². The van der Waals surface area contributed by atoms with Gasteiger partial charge >= 0.3 is 5.69 Å². The molecule has 1 saturated heterocycles. The Labute approximate surface area is 104 Å². The second-order valence-corrected chi connectivity index (χ2v) is 4.57. The molecular weight excluding hydrogens is 234 g/mol. The Morgan fingerprint density at radius 3 is 2.56 bits per heavy atom.